The highest BCUT2D eigenvalue weighted by Gasteiger charge is 2.73. The molecule has 4 atom stereocenters. The number of aromatic nitrogens is 2. The zero-order valence-corrected chi connectivity index (χ0v) is 22.4. The molecule has 1 aromatic heterocycles. The lowest BCUT2D eigenvalue weighted by Crippen LogP contribution is -2.78. The summed E-state index contributed by atoms with van der Waals surface area (Å²) in [4.78, 5) is 38.4. The Morgan fingerprint density at radius 2 is 1.98 bits per heavy atom. The van der Waals surface area contributed by atoms with Crippen LogP contribution < -0.4 is 37.1 Å². The van der Waals surface area contributed by atoms with Crippen LogP contribution in [0.25, 0.3) is 0 Å². The number of anilines is 1. The highest BCUT2D eigenvalue weighted by molar-refractivity contribution is 5.99. The fraction of sp³-hybridized carbons (Fsp3) is 0.440. The van der Waals surface area contributed by atoms with Crippen LogP contribution in [0.3, 0.4) is 0 Å². The summed E-state index contributed by atoms with van der Waals surface area (Å²) >= 11 is 0. The first-order valence-corrected chi connectivity index (χ1v) is 13.1. The normalized spacial score (nSPS) is 27.4. The first-order valence-electron chi connectivity index (χ1n) is 13.1. The van der Waals surface area contributed by atoms with Gasteiger partial charge in [-0.05, 0) is 31.2 Å². The molecule has 0 radical (unpaired) electrons. The van der Waals surface area contributed by atoms with Gasteiger partial charge in [-0.1, -0.05) is 6.07 Å². The van der Waals surface area contributed by atoms with Crippen molar-refractivity contribution in [2.75, 3.05) is 38.2 Å². The fourth-order valence-corrected chi connectivity index (χ4v) is 5.86. The number of guanidine groups is 2. The summed E-state index contributed by atoms with van der Waals surface area (Å²) in [6.07, 6.45) is 0. The van der Waals surface area contributed by atoms with E-state index in [0.29, 0.717) is 24.6 Å². The molecule has 0 saturated carbocycles. The minimum atomic E-state index is -2.63. The summed E-state index contributed by atoms with van der Waals surface area (Å²) in [5, 5.41) is 39.5. The third kappa shape index (κ3) is 4.05. The first kappa shape index (κ1) is 26.5. The van der Waals surface area contributed by atoms with Gasteiger partial charge in [0.25, 0.3) is 11.8 Å². The first-order chi connectivity index (χ1) is 19.5. The van der Waals surface area contributed by atoms with Gasteiger partial charge in [0.1, 0.15) is 18.7 Å². The Hall–Kier alpha value is -4.70. The molecular formula is C25H31N11O5. The topological polar surface area (TPSA) is 229 Å². The van der Waals surface area contributed by atoms with Crippen LogP contribution in [0.1, 0.15) is 26.5 Å². The second-order valence-corrected chi connectivity index (χ2v) is 10.5. The maximum Gasteiger partial charge on any atom is 0.271 e. The lowest BCUT2D eigenvalue weighted by molar-refractivity contribution is -0.230. The Morgan fingerprint density at radius 1 is 1.17 bits per heavy atom. The van der Waals surface area contributed by atoms with Crippen LogP contribution in [-0.2, 0) is 0 Å². The SMILES string of the molecule is Cc1ccc(C(=O)NC[C@@H]2N=C(N)N3CC(NC(=O)c4cccc5c4OCCN5C)C(O)(O)[C@@]34NC(N)=N[C@@H]24)nn1. The number of carbonyl (C=O) groups is 2. The minimum Gasteiger partial charge on any atom is -0.489 e. The van der Waals surface area contributed by atoms with Crippen molar-refractivity contribution in [3.05, 3.63) is 47.3 Å². The number of carbonyl (C=O) groups excluding carboxylic acids is 2. The molecule has 6 rings (SSSR count). The smallest absolute Gasteiger partial charge is 0.271 e. The number of amides is 2. The lowest BCUT2D eigenvalue weighted by atomic mass is 9.85. The van der Waals surface area contributed by atoms with Crippen molar-refractivity contribution in [1.82, 2.24) is 31.0 Å². The number of benzene rings is 1. The molecule has 0 bridgehead atoms. The van der Waals surface area contributed by atoms with E-state index in [1.165, 1.54) is 11.0 Å². The van der Waals surface area contributed by atoms with E-state index in [0.717, 1.165) is 5.69 Å². The molecule has 0 aliphatic carbocycles. The monoisotopic (exact) mass is 565 g/mol. The number of nitrogens with zero attached hydrogens (tertiary/aromatic N) is 6. The van der Waals surface area contributed by atoms with Gasteiger partial charge in [0, 0.05) is 20.1 Å². The summed E-state index contributed by atoms with van der Waals surface area (Å²) in [5.41, 5.74) is 12.4. The van der Waals surface area contributed by atoms with Crippen LogP contribution in [0.5, 0.6) is 5.75 Å². The van der Waals surface area contributed by atoms with E-state index < -0.39 is 41.4 Å². The quantitative estimate of drug-likeness (QED) is 0.178. The molecule has 4 aliphatic heterocycles. The van der Waals surface area contributed by atoms with Gasteiger partial charge in [-0.15, -0.1) is 5.10 Å². The predicted molar refractivity (Wildman–Crippen MR) is 146 cm³/mol. The predicted octanol–water partition coefficient (Wildman–Crippen LogP) is -3.18. The van der Waals surface area contributed by atoms with Gasteiger partial charge in [-0.2, -0.15) is 5.10 Å². The fourth-order valence-electron chi connectivity index (χ4n) is 5.86. The van der Waals surface area contributed by atoms with E-state index in [1.54, 1.807) is 25.1 Å². The molecule has 2 amide bonds. The molecule has 1 aromatic carbocycles. The average Bonchev–Trinajstić information content (AvgIpc) is 3.41. The van der Waals surface area contributed by atoms with Crippen LogP contribution in [-0.4, -0.2) is 112 Å². The Kier molecular flexibility index (Phi) is 6.11. The highest BCUT2D eigenvalue weighted by atomic mass is 16.5. The van der Waals surface area contributed by atoms with Crippen molar-refractivity contribution in [3.63, 3.8) is 0 Å². The van der Waals surface area contributed by atoms with Crippen LogP contribution >= 0.6 is 0 Å². The van der Waals surface area contributed by atoms with Crippen LogP contribution in [0, 0.1) is 6.92 Å². The Bertz CT molecular complexity index is 1460. The molecule has 4 aliphatic rings. The summed E-state index contributed by atoms with van der Waals surface area (Å²) in [7, 11) is 1.90. The molecule has 16 nitrogen and oxygen atoms in total. The molecule has 41 heavy (non-hydrogen) atoms. The van der Waals surface area contributed by atoms with E-state index in [1.807, 2.05) is 18.0 Å². The van der Waals surface area contributed by atoms with Gasteiger partial charge in [0.15, 0.2) is 29.0 Å². The van der Waals surface area contributed by atoms with Crippen molar-refractivity contribution < 1.29 is 24.5 Å². The van der Waals surface area contributed by atoms with Crippen LogP contribution in [0.2, 0.25) is 0 Å². The number of aryl methyl sites for hydroxylation is 1. The molecule has 1 spiro atoms. The maximum atomic E-state index is 13.5. The molecule has 2 aromatic rings. The standard InChI is InChI=1S/C25H31N11O5/c1-12-6-7-14(34-33-12)21(38)28-10-15-19-24(32-22(26)31-19)25(39,40)17(11-36(24)23(27)29-15)30-20(37)13-4-3-5-16-18(13)41-9-8-35(16)2/h3-7,15,17,19,39-40H,8-11H2,1-2H3,(H2,27,29)(H,28,38)(H,30,37)(H3,26,31,32)/t15-,17?,19-,24-/m0/s1. The minimum absolute atomic E-state index is 0.0423. The number of aliphatic hydroxyl groups is 2. The Morgan fingerprint density at radius 3 is 2.73 bits per heavy atom. The van der Waals surface area contributed by atoms with E-state index in [2.05, 4.69) is 36.1 Å². The van der Waals surface area contributed by atoms with Gasteiger partial charge >= 0.3 is 0 Å². The van der Waals surface area contributed by atoms with E-state index in [4.69, 9.17) is 16.2 Å². The summed E-state index contributed by atoms with van der Waals surface area (Å²) in [6.45, 7) is 2.64. The number of hydrogen-bond donors (Lipinski definition) is 7. The number of ether oxygens (including phenoxy) is 1. The number of rotatable bonds is 5. The third-order valence-corrected chi connectivity index (χ3v) is 7.93. The van der Waals surface area contributed by atoms with Gasteiger partial charge in [0.05, 0.1) is 29.5 Å². The third-order valence-electron chi connectivity index (χ3n) is 7.93. The second kappa shape index (κ2) is 9.45. The van der Waals surface area contributed by atoms with Gasteiger partial charge in [-0.3, -0.25) is 9.59 Å². The molecule has 216 valence electrons. The number of fused-ring (bicyclic) bond motifs is 1. The number of nitrogens with one attached hydrogen (secondary N) is 3. The van der Waals surface area contributed by atoms with Gasteiger partial charge < -0.3 is 52.2 Å². The molecule has 1 fully saturated rings. The zero-order valence-electron chi connectivity index (χ0n) is 22.4. The average molecular weight is 566 g/mol. The Labute approximate surface area is 234 Å². The molecule has 9 N–H and O–H groups in total. The number of nitrogens with two attached hydrogens (primary N) is 2. The van der Waals surface area contributed by atoms with E-state index >= 15 is 0 Å². The van der Waals surface area contributed by atoms with Gasteiger partial charge in [0.2, 0.25) is 5.79 Å². The molecule has 5 heterocycles. The van der Waals surface area contributed by atoms with Gasteiger partial charge in [-0.25, -0.2) is 9.98 Å². The van der Waals surface area contributed by atoms with Crippen molar-refractivity contribution in [1.29, 1.82) is 0 Å². The van der Waals surface area contributed by atoms with Crippen molar-refractivity contribution in [3.8, 4) is 5.75 Å². The Balaban J connectivity index is 1.25. The molecule has 1 saturated heterocycles. The molecular weight excluding hydrogens is 534 g/mol. The molecule has 1 unspecified atom stereocenters. The number of hydrogen-bond acceptors (Lipinski definition) is 14. The number of para-hydroxylation sites is 1. The largest absolute Gasteiger partial charge is 0.489 e. The van der Waals surface area contributed by atoms with Crippen LogP contribution in [0.4, 0.5) is 5.69 Å². The summed E-state index contributed by atoms with van der Waals surface area (Å²) in [5.74, 6) is -3.39. The van der Waals surface area contributed by atoms with Crippen molar-refractivity contribution in [2.24, 2.45) is 21.5 Å². The maximum absolute atomic E-state index is 13.5. The van der Waals surface area contributed by atoms with Crippen molar-refractivity contribution >= 4 is 29.4 Å². The number of aliphatic imine (C=N–C) groups is 2. The zero-order chi connectivity index (χ0) is 29.1. The lowest BCUT2D eigenvalue weighted by Gasteiger charge is -2.49. The van der Waals surface area contributed by atoms with Crippen molar-refractivity contribution in [2.45, 2.75) is 36.5 Å². The van der Waals surface area contributed by atoms with Crippen LogP contribution in [0.15, 0.2) is 40.3 Å². The van der Waals surface area contributed by atoms with E-state index in [-0.39, 0.29) is 36.3 Å². The van der Waals surface area contributed by atoms with E-state index in [9.17, 15) is 19.8 Å². The number of likely N-dealkylation sites (N-methyl/N-ethyl adjacent to an activating group) is 1. The summed E-state index contributed by atoms with van der Waals surface area (Å²) in [6, 6.07) is 5.32. The molecule has 16 heteroatoms. The highest BCUT2D eigenvalue weighted by Crippen LogP contribution is 2.45. The summed E-state index contributed by atoms with van der Waals surface area (Å²) < 4.78 is 5.79. The second-order valence-electron chi connectivity index (χ2n) is 10.5.